The Morgan fingerprint density at radius 3 is 2.22 bits per heavy atom. The molecular weight excluding hydrogens is 460 g/mol. The Kier molecular flexibility index (Phi) is 8.98. The summed E-state index contributed by atoms with van der Waals surface area (Å²) in [4.78, 5) is 30.3. The van der Waals surface area contributed by atoms with Crippen LogP contribution in [0, 0.1) is 6.92 Å². The summed E-state index contributed by atoms with van der Waals surface area (Å²) >= 11 is 0. The lowest BCUT2D eigenvalue weighted by atomic mass is 9.94. The van der Waals surface area contributed by atoms with Gasteiger partial charge >= 0.3 is 0 Å². The van der Waals surface area contributed by atoms with Crippen LogP contribution < -0.4 is 14.2 Å². The smallest absolute Gasteiger partial charge is 0.295 e. The minimum Gasteiger partial charge on any atom is -0.507 e. The van der Waals surface area contributed by atoms with Gasteiger partial charge in [-0.3, -0.25) is 9.59 Å². The number of rotatable bonds is 11. The van der Waals surface area contributed by atoms with Gasteiger partial charge in [0, 0.05) is 18.7 Å². The van der Waals surface area contributed by atoms with Gasteiger partial charge in [0.05, 0.1) is 32.4 Å². The van der Waals surface area contributed by atoms with Gasteiger partial charge in [-0.25, -0.2) is 0 Å². The van der Waals surface area contributed by atoms with Crippen LogP contribution in [0.25, 0.3) is 5.76 Å². The second-order valence-electron chi connectivity index (χ2n) is 8.55. The molecule has 0 saturated carbocycles. The number of amides is 1. The monoisotopic (exact) mass is 496 g/mol. The fourth-order valence-corrected chi connectivity index (χ4v) is 4.56. The predicted molar refractivity (Wildman–Crippen MR) is 139 cm³/mol. The molecule has 8 nitrogen and oxygen atoms in total. The Bertz CT molecular complexity index is 1140. The van der Waals surface area contributed by atoms with E-state index in [-0.39, 0.29) is 11.3 Å². The van der Waals surface area contributed by atoms with E-state index in [1.54, 1.807) is 50.6 Å². The largest absolute Gasteiger partial charge is 0.507 e. The number of carbonyl (C=O) groups is 2. The number of nitrogens with zero attached hydrogens (tertiary/aromatic N) is 2. The Hall–Kier alpha value is -3.52. The topological polar surface area (TPSA) is 88.5 Å². The van der Waals surface area contributed by atoms with Crippen LogP contribution in [0.1, 0.15) is 43.5 Å². The average Bonchev–Trinajstić information content (AvgIpc) is 3.14. The Labute approximate surface area is 213 Å². The van der Waals surface area contributed by atoms with E-state index in [0.29, 0.717) is 48.1 Å². The minimum atomic E-state index is -0.771. The molecule has 0 unspecified atom stereocenters. The lowest BCUT2D eigenvalue weighted by Crippen LogP contribution is -2.38. The van der Waals surface area contributed by atoms with Crippen LogP contribution in [0.2, 0.25) is 0 Å². The van der Waals surface area contributed by atoms with Gasteiger partial charge < -0.3 is 29.1 Å². The molecule has 0 radical (unpaired) electrons. The zero-order chi connectivity index (χ0) is 26.4. The number of Topliss-reactive ketones (excluding diaryl/α,β-unsaturated/α-hetero) is 1. The molecule has 0 aromatic heterocycles. The Morgan fingerprint density at radius 2 is 1.64 bits per heavy atom. The molecule has 194 valence electrons. The maximum absolute atomic E-state index is 13.3. The molecule has 1 N–H and O–H groups in total. The summed E-state index contributed by atoms with van der Waals surface area (Å²) in [5.74, 6) is 0.157. The number of aliphatic hydroxyl groups excluding tert-OH is 1. The summed E-state index contributed by atoms with van der Waals surface area (Å²) in [6, 6.07) is 9.72. The number of likely N-dealkylation sites (tertiary alicyclic amines) is 1. The molecule has 1 aliphatic heterocycles. The van der Waals surface area contributed by atoms with Gasteiger partial charge in [0.2, 0.25) is 0 Å². The third kappa shape index (κ3) is 5.33. The van der Waals surface area contributed by atoms with Crippen LogP contribution in [0.3, 0.4) is 0 Å². The van der Waals surface area contributed by atoms with Crippen molar-refractivity contribution in [3.05, 3.63) is 58.7 Å². The summed E-state index contributed by atoms with van der Waals surface area (Å²) in [6.45, 7) is 10.9. The van der Waals surface area contributed by atoms with Crippen molar-refractivity contribution in [3.63, 3.8) is 0 Å². The zero-order valence-corrected chi connectivity index (χ0v) is 22.0. The van der Waals surface area contributed by atoms with E-state index in [1.165, 1.54) is 4.90 Å². The molecule has 1 fully saturated rings. The van der Waals surface area contributed by atoms with E-state index in [1.807, 2.05) is 13.8 Å². The Morgan fingerprint density at radius 1 is 0.972 bits per heavy atom. The molecule has 1 aliphatic rings. The number of hydrogen-bond donors (Lipinski definition) is 1. The molecule has 1 heterocycles. The van der Waals surface area contributed by atoms with E-state index in [9.17, 15) is 14.7 Å². The number of benzene rings is 2. The third-order valence-corrected chi connectivity index (χ3v) is 6.56. The SMILES string of the molecule is CCOc1ccc([C@H]2C(=C(O)c3ccc(OC)c(C)c3)C(=O)C(=O)N2CCN(CC)CC)cc1OC. The maximum atomic E-state index is 13.3. The first-order chi connectivity index (χ1) is 17.3. The molecule has 2 aromatic carbocycles. The third-order valence-electron chi connectivity index (χ3n) is 6.56. The normalized spacial score (nSPS) is 17.1. The maximum Gasteiger partial charge on any atom is 0.295 e. The summed E-state index contributed by atoms with van der Waals surface area (Å²) in [7, 11) is 3.11. The molecule has 3 rings (SSSR count). The fourth-order valence-electron chi connectivity index (χ4n) is 4.56. The number of aliphatic hydroxyl groups is 1. The summed E-state index contributed by atoms with van der Waals surface area (Å²) < 4.78 is 16.5. The molecule has 36 heavy (non-hydrogen) atoms. The number of likely N-dealkylation sites (N-methyl/N-ethyl adjacent to an activating group) is 1. The van der Waals surface area contributed by atoms with Crippen LogP contribution >= 0.6 is 0 Å². The van der Waals surface area contributed by atoms with Crippen LogP contribution in [0.5, 0.6) is 17.2 Å². The molecule has 0 bridgehead atoms. The second-order valence-corrected chi connectivity index (χ2v) is 8.55. The van der Waals surface area contributed by atoms with Gasteiger partial charge in [0.25, 0.3) is 11.7 Å². The zero-order valence-electron chi connectivity index (χ0n) is 22.0. The van der Waals surface area contributed by atoms with Gasteiger partial charge in [-0.05, 0) is 68.4 Å². The van der Waals surface area contributed by atoms with E-state index in [0.717, 1.165) is 18.7 Å². The van der Waals surface area contributed by atoms with E-state index in [2.05, 4.69) is 18.7 Å². The van der Waals surface area contributed by atoms with Crippen molar-refractivity contribution in [1.82, 2.24) is 9.80 Å². The van der Waals surface area contributed by atoms with Crippen LogP contribution in [0.4, 0.5) is 0 Å². The lowest BCUT2D eigenvalue weighted by Gasteiger charge is -2.28. The number of ketones is 1. The van der Waals surface area contributed by atoms with Crippen molar-refractivity contribution in [2.45, 2.75) is 33.7 Å². The first kappa shape index (κ1) is 27.1. The summed E-state index contributed by atoms with van der Waals surface area (Å²) in [6.07, 6.45) is 0. The predicted octanol–water partition coefficient (Wildman–Crippen LogP) is 4.17. The Balaban J connectivity index is 2.16. The molecule has 0 spiro atoms. The highest BCUT2D eigenvalue weighted by Gasteiger charge is 2.46. The number of ether oxygens (including phenoxy) is 3. The van der Waals surface area contributed by atoms with Gasteiger partial charge in [0.1, 0.15) is 11.5 Å². The van der Waals surface area contributed by atoms with Gasteiger partial charge in [0.15, 0.2) is 11.5 Å². The molecule has 1 amide bonds. The van der Waals surface area contributed by atoms with Crippen molar-refractivity contribution in [2.24, 2.45) is 0 Å². The minimum absolute atomic E-state index is 0.0512. The molecule has 1 saturated heterocycles. The van der Waals surface area contributed by atoms with Crippen LogP contribution in [0.15, 0.2) is 42.0 Å². The first-order valence-electron chi connectivity index (χ1n) is 12.3. The van der Waals surface area contributed by atoms with Crippen LogP contribution in [-0.2, 0) is 9.59 Å². The van der Waals surface area contributed by atoms with Crippen molar-refractivity contribution < 1.29 is 28.9 Å². The van der Waals surface area contributed by atoms with E-state index in [4.69, 9.17) is 14.2 Å². The van der Waals surface area contributed by atoms with Crippen molar-refractivity contribution >= 4 is 17.4 Å². The van der Waals surface area contributed by atoms with Crippen LogP contribution in [-0.4, -0.2) is 73.6 Å². The molecule has 1 atom stereocenters. The summed E-state index contributed by atoms with van der Waals surface area (Å²) in [5.41, 5.74) is 1.95. The van der Waals surface area contributed by atoms with Crippen molar-refractivity contribution in [2.75, 3.05) is 47.0 Å². The summed E-state index contributed by atoms with van der Waals surface area (Å²) in [5, 5.41) is 11.4. The van der Waals surface area contributed by atoms with Gasteiger partial charge in [-0.2, -0.15) is 0 Å². The van der Waals surface area contributed by atoms with Crippen molar-refractivity contribution in [3.8, 4) is 17.2 Å². The van der Waals surface area contributed by atoms with E-state index >= 15 is 0 Å². The molecule has 0 aliphatic carbocycles. The number of methoxy groups -OCH3 is 2. The molecule has 8 heteroatoms. The highest BCUT2D eigenvalue weighted by molar-refractivity contribution is 6.46. The van der Waals surface area contributed by atoms with Gasteiger partial charge in [-0.15, -0.1) is 0 Å². The van der Waals surface area contributed by atoms with Crippen molar-refractivity contribution in [1.29, 1.82) is 0 Å². The molecule has 2 aromatic rings. The fraction of sp³-hybridized carbons (Fsp3) is 0.429. The van der Waals surface area contributed by atoms with Gasteiger partial charge in [-0.1, -0.05) is 19.9 Å². The highest BCUT2D eigenvalue weighted by atomic mass is 16.5. The second kappa shape index (κ2) is 11.9. The number of aryl methyl sites for hydroxylation is 1. The molecular formula is C28H36N2O6. The quantitative estimate of drug-likeness (QED) is 0.284. The highest BCUT2D eigenvalue weighted by Crippen LogP contribution is 2.42. The standard InChI is InChI=1S/C28H36N2O6/c1-7-29(8-2)14-15-30-25(19-10-13-22(36-9-3)23(17-19)35-6)24(27(32)28(30)33)26(31)20-11-12-21(34-5)18(4)16-20/h10-13,16-17,25,31H,7-9,14-15H2,1-6H3/t25-/m0/s1. The average molecular weight is 497 g/mol. The number of hydrogen-bond acceptors (Lipinski definition) is 7. The number of carbonyl (C=O) groups excluding carboxylic acids is 2. The first-order valence-corrected chi connectivity index (χ1v) is 12.3. The van der Waals surface area contributed by atoms with E-state index < -0.39 is 17.7 Å². The lowest BCUT2D eigenvalue weighted by molar-refractivity contribution is -0.140.